The Morgan fingerprint density at radius 2 is 1.67 bits per heavy atom. The van der Waals surface area contributed by atoms with E-state index in [1.807, 2.05) is 42.5 Å². The van der Waals surface area contributed by atoms with Crippen molar-refractivity contribution in [2.75, 3.05) is 6.61 Å². The minimum absolute atomic E-state index is 0.0126. The third-order valence-corrected chi connectivity index (χ3v) is 3.97. The Morgan fingerprint density at radius 3 is 2.50 bits per heavy atom. The molecule has 0 atom stereocenters. The molecule has 3 aromatic carbocycles. The van der Waals surface area contributed by atoms with Crippen LogP contribution in [0.1, 0.15) is 19.3 Å². The number of carbonyl (C=O) groups is 1. The highest BCUT2D eigenvalue weighted by molar-refractivity contribution is 5.93. The van der Waals surface area contributed by atoms with Crippen LogP contribution in [0.3, 0.4) is 0 Å². The van der Waals surface area contributed by atoms with E-state index in [1.165, 1.54) is 0 Å². The normalized spacial score (nSPS) is 10.8. The van der Waals surface area contributed by atoms with Crippen LogP contribution in [-0.4, -0.2) is 17.7 Å². The Labute approximate surface area is 139 Å². The Balaban J connectivity index is 1.85. The molecule has 0 aliphatic carbocycles. The van der Waals surface area contributed by atoms with Gasteiger partial charge in [-0.2, -0.15) is 0 Å². The number of carboxylic acid groups (broad SMARTS) is 1. The summed E-state index contributed by atoms with van der Waals surface area (Å²) in [7, 11) is 0. The number of hydrogen-bond donors (Lipinski definition) is 1. The number of ether oxygens (including phenoxy) is 1. The third-order valence-electron chi connectivity index (χ3n) is 3.97. The lowest BCUT2D eigenvalue weighted by molar-refractivity contribution is -0.137. The van der Waals surface area contributed by atoms with Crippen molar-refractivity contribution in [3.63, 3.8) is 0 Å². The topological polar surface area (TPSA) is 63.6 Å². The van der Waals surface area contributed by atoms with Gasteiger partial charge in [0.2, 0.25) is 0 Å². The lowest BCUT2D eigenvalue weighted by Gasteiger charge is -2.06. The zero-order chi connectivity index (χ0) is 16.9. The predicted molar refractivity (Wildman–Crippen MR) is 94.7 cm³/mol. The van der Waals surface area contributed by atoms with E-state index >= 15 is 0 Å². The highest BCUT2D eigenvalue weighted by Gasteiger charge is 2.04. The van der Waals surface area contributed by atoms with Gasteiger partial charge >= 0.3 is 5.97 Å². The molecule has 4 nitrogen and oxygen atoms in total. The first-order valence-electron chi connectivity index (χ1n) is 7.95. The fourth-order valence-corrected chi connectivity index (χ4v) is 2.72. The summed E-state index contributed by atoms with van der Waals surface area (Å²) in [6.45, 7) is 0.462. The summed E-state index contributed by atoms with van der Waals surface area (Å²) >= 11 is 0. The van der Waals surface area contributed by atoms with Crippen LogP contribution < -0.4 is 10.2 Å². The molecular formula is C20H18O4. The summed E-state index contributed by atoms with van der Waals surface area (Å²) in [5.41, 5.74) is 0.0126. The monoisotopic (exact) mass is 322 g/mol. The standard InChI is InChI=1S/C20H18O4/c21-19(22)7-3-4-12-24-16-10-11-18-15(13-16)9-8-14-5-1-2-6-17(14)20(18)23/h1-2,5-6,8-11,13H,3-4,7,12H2,(H,21,22). The molecule has 0 saturated heterocycles. The van der Waals surface area contributed by atoms with Gasteiger partial charge in [-0.25, -0.2) is 0 Å². The number of hydrogen-bond acceptors (Lipinski definition) is 3. The molecule has 0 aliphatic heterocycles. The summed E-state index contributed by atoms with van der Waals surface area (Å²) in [6.07, 6.45) is 1.43. The predicted octanol–water partition coefficient (Wildman–Crippen LogP) is 3.99. The maximum Gasteiger partial charge on any atom is 0.303 e. The number of unbranched alkanes of at least 4 members (excludes halogenated alkanes) is 1. The Morgan fingerprint density at radius 1 is 0.917 bits per heavy atom. The van der Waals surface area contributed by atoms with E-state index in [0.29, 0.717) is 36.0 Å². The van der Waals surface area contributed by atoms with Crippen LogP contribution in [0.5, 0.6) is 5.75 Å². The van der Waals surface area contributed by atoms with Crippen LogP contribution in [0.4, 0.5) is 0 Å². The zero-order valence-corrected chi connectivity index (χ0v) is 13.2. The van der Waals surface area contributed by atoms with Crippen LogP contribution in [0, 0.1) is 0 Å². The molecule has 0 aromatic heterocycles. The summed E-state index contributed by atoms with van der Waals surface area (Å²) in [6, 6.07) is 16.8. The summed E-state index contributed by atoms with van der Waals surface area (Å²) in [5, 5.41) is 11.7. The molecule has 0 heterocycles. The minimum Gasteiger partial charge on any atom is -0.494 e. The molecule has 24 heavy (non-hydrogen) atoms. The van der Waals surface area contributed by atoms with E-state index in [1.54, 1.807) is 12.1 Å². The molecule has 0 unspecified atom stereocenters. The molecule has 0 fully saturated rings. The molecular weight excluding hydrogens is 304 g/mol. The van der Waals surface area contributed by atoms with Crippen molar-refractivity contribution >= 4 is 27.5 Å². The van der Waals surface area contributed by atoms with Crippen LogP contribution in [0.15, 0.2) is 59.4 Å². The maximum absolute atomic E-state index is 12.7. The summed E-state index contributed by atoms with van der Waals surface area (Å²) in [5.74, 6) is -0.101. The van der Waals surface area contributed by atoms with Crippen LogP contribution in [0.2, 0.25) is 0 Å². The van der Waals surface area contributed by atoms with Gasteiger partial charge in [0.05, 0.1) is 6.61 Å². The van der Waals surface area contributed by atoms with E-state index in [0.717, 1.165) is 10.8 Å². The van der Waals surface area contributed by atoms with Crippen molar-refractivity contribution < 1.29 is 14.6 Å². The maximum atomic E-state index is 12.7. The molecule has 1 N–H and O–H groups in total. The molecule has 0 bridgehead atoms. The highest BCUT2D eigenvalue weighted by atomic mass is 16.5. The van der Waals surface area contributed by atoms with E-state index in [-0.39, 0.29) is 11.8 Å². The molecule has 0 radical (unpaired) electrons. The third kappa shape index (κ3) is 3.54. The van der Waals surface area contributed by atoms with Crippen molar-refractivity contribution in [1.29, 1.82) is 0 Å². The van der Waals surface area contributed by atoms with Gasteiger partial charge < -0.3 is 9.84 Å². The van der Waals surface area contributed by atoms with Gasteiger partial charge in [0, 0.05) is 17.2 Å². The molecule has 0 aliphatic rings. The van der Waals surface area contributed by atoms with Gasteiger partial charge in [-0.05, 0) is 41.8 Å². The second kappa shape index (κ2) is 7.13. The number of rotatable bonds is 6. The van der Waals surface area contributed by atoms with Crippen LogP contribution in [0.25, 0.3) is 21.5 Å². The van der Waals surface area contributed by atoms with Gasteiger partial charge in [0.15, 0.2) is 5.43 Å². The largest absolute Gasteiger partial charge is 0.494 e. The quantitative estimate of drug-likeness (QED) is 0.697. The minimum atomic E-state index is -0.789. The van der Waals surface area contributed by atoms with Gasteiger partial charge in [0.25, 0.3) is 0 Å². The first kappa shape index (κ1) is 16.0. The first-order valence-corrected chi connectivity index (χ1v) is 7.95. The zero-order valence-electron chi connectivity index (χ0n) is 13.2. The van der Waals surface area contributed by atoms with Crippen LogP contribution in [-0.2, 0) is 4.79 Å². The second-order valence-corrected chi connectivity index (χ2v) is 5.70. The van der Waals surface area contributed by atoms with Crippen molar-refractivity contribution in [3.05, 3.63) is 64.8 Å². The number of fused-ring (bicyclic) bond motifs is 2. The fourth-order valence-electron chi connectivity index (χ4n) is 2.72. The molecule has 0 saturated carbocycles. The van der Waals surface area contributed by atoms with Gasteiger partial charge in [-0.1, -0.05) is 36.4 Å². The van der Waals surface area contributed by atoms with Crippen molar-refractivity contribution in [1.82, 2.24) is 0 Å². The smallest absolute Gasteiger partial charge is 0.303 e. The second-order valence-electron chi connectivity index (χ2n) is 5.70. The molecule has 122 valence electrons. The fraction of sp³-hybridized carbons (Fsp3) is 0.200. The van der Waals surface area contributed by atoms with Gasteiger partial charge in [-0.15, -0.1) is 0 Å². The number of aliphatic carboxylic acids is 1. The molecule has 4 heteroatoms. The highest BCUT2D eigenvalue weighted by Crippen LogP contribution is 2.21. The number of carboxylic acids is 1. The average molecular weight is 322 g/mol. The first-order chi connectivity index (χ1) is 11.6. The van der Waals surface area contributed by atoms with E-state index in [2.05, 4.69) is 0 Å². The lowest BCUT2D eigenvalue weighted by Crippen LogP contribution is -2.01. The number of benzene rings is 2. The molecule has 0 amide bonds. The van der Waals surface area contributed by atoms with E-state index < -0.39 is 5.97 Å². The lowest BCUT2D eigenvalue weighted by atomic mass is 10.1. The van der Waals surface area contributed by atoms with Crippen molar-refractivity contribution in [2.45, 2.75) is 19.3 Å². The Kier molecular flexibility index (Phi) is 4.75. The van der Waals surface area contributed by atoms with Gasteiger partial charge in [0.1, 0.15) is 5.75 Å². The molecule has 3 aromatic rings. The Hall–Kier alpha value is -2.88. The van der Waals surface area contributed by atoms with Gasteiger partial charge in [-0.3, -0.25) is 9.59 Å². The average Bonchev–Trinajstić information content (AvgIpc) is 2.72. The SMILES string of the molecule is O=C(O)CCCCOc1ccc2c(=O)c3ccccc3ccc2c1. The van der Waals surface area contributed by atoms with E-state index in [9.17, 15) is 9.59 Å². The van der Waals surface area contributed by atoms with E-state index in [4.69, 9.17) is 9.84 Å². The van der Waals surface area contributed by atoms with Crippen molar-refractivity contribution in [2.24, 2.45) is 0 Å². The Bertz CT molecular complexity index is 947. The summed E-state index contributed by atoms with van der Waals surface area (Å²) < 4.78 is 5.67. The van der Waals surface area contributed by atoms with Crippen LogP contribution >= 0.6 is 0 Å². The summed E-state index contributed by atoms with van der Waals surface area (Å²) in [4.78, 5) is 23.1. The molecule has 3 rings (SSSR count). The van der Waals surface area contributed by atoms with Crippen molar-refractivity contribution in [3.8, 4) is 5.75 Å². The molecule has 0 spiro atoms.